The lowest BCUT2D eigenvalue weighted by molar-refractivity contribution is 0.121. The minimum absolute atomic E-state index is 0.174. The van der Waals surface area contributed by atoms with Crippen molar-refractivity contribution in [1.82, 2.24) is 10.2 Å². The van der Waals surface area contributed by atoms with Gasteiger partial charge in [-0.05, 0) is 71.7 Å². The topological polar surface area (TPSA) is 121 Å². The Balaban J connectivity index is 1.12. The summed E-state index contributed by atoms with van der Waals surface area (Å²) < 4.78 is 0. The Hall–Kier alpha value is -5.66. The molecule has 0 bridgehead atoms. The van der Waals surface area contributed by atoms with Gasteiger partial charge in [0.2, 0.25) is 0 Å². The number of benzene rings is 4. The van der Waals surface area contributed by atoms with Crippen molar-refractivity contribution in [2.24, 2.45) is 10.8 Å². The van der Waals surface area contributed by atoms with Crippen LogP contribution in [0.3, 0.4) is 0 Å². The van der Waals surface area contributed by atoms with Gasteiger partial charge in [0.05, 0.1) is 10.1 Å². The van der Waals surface area contributed by atoms with Crippen molar-refractivity contribution in [3.05, 3.63) is 195 Å². The zero-order chi connectivity index (χ0) is 42.6. The largest absolute Gasteiger partial charge is 0.297 e. The normalized spacial score (nSPS) is 23.0. The first-order valence-electron chi connectivity index (χ1n) is 20.5. The summed E-state index contributed by atoms with van der Waals surface area (Å²) in [6.07, 6.45) is 15.3. The van der Waals surface area contributed by atoms with Crippen LogP contribution in [0, 0.1) is 32.5 Å². The van der Waals surface area contributed by atoms with Crippen molar-refractivity contribution < 1.29 is 0 Å². The van der Waals surface area contributed by atoms with Crippen LogP contribution in [0.1, 0.15) is 84.6 Å². The molecule has 1 fully saturated rings. The van der Waals surface area contributed by atoms with E-state index in [0.29, 0.717) is 45.9 Å². The van der Waals surface area contributed by atoms with Gasteiger partial charge in [-0.15, -0.1) is 21.7 Å². The van der Waals surface area contributed by atoms with Gasteiger partial charge in [-0.2, -0.15) is 0 Å². The summed E-state index contributed by atoms with van der Waals surface area (Å²) >= 11 is 4.04. The zero-order valence-electron chi connectivity index (χ0n) is 34.6. The predicted octanol–water partition coefficient (Wildman–Crippen LogP) is 13.6. The molecule has 9 heteroatoms. The molecular formula is C52H48N6S3. The van der Waals surface area contributed by atoms with Gasteiger partial charge in [-0.3, -0.25) is 21.6 Å². The van der Waals surface area contributed by atoms with Crippen LogP contribution in [0.4, 0.5) is 0 Å². The summed E-state index contributed by atoms with van der Waals surface area (Å²) in [5.41, 5.74) is 12.4. The Bertz CT molecular complexity index is 2730. The first-order valence-corrected chi connectivity index (χ1v) is 23.0. The lowest BCUT2D eigenvalue weighted by Crippen LogP contribution is -2.50. The summed E-state index contributed by atoms with van der Waals surface area (Å²) in [6.45, 7) is 6.47. The average Bonchev–Trinajstić information content (AvgIpc) is 3.79. The third-order valence-corrected chi connectivity index (χ3v) is 15.5. The maximum atomic E-state index is 9.84. The molecule has 0 saturated heterocycles. The number of rotatable bonds is 10. The highest BCUT2D eigenvalue weighted by molar-refractivity contribution is 8.27. The Morgan fingerprint density at radius 2 is 1.34 bits per heavy atom. The van der Waals surface area contributed by atoms with Crippen molar-refractivity contribution in [3.8, 4) is 11.1 Å². The molecule has 4 N–H and O–H groups in total. The van der Waals surface area contributed by atoms with Gasteiger partial charge >= 0.3 is 0 Å². The van der Waals surface area contributed by atoms with Crippen LogP contribution < -0.4 is 0 Å². The molecular weight excluding hydrogens is 805 g/mol. The standard InChI is InChI=1S/C52H48N6S3/c1-50(47(55)59-44(53)41-28-14-13-25-38(41)31-35-19-7-4-8-20-35)32-51(2,48(56)60-45(54)42-29-17-15-26-39(42)36-21-9-5-10-22-36)34-52(3,33-50)49-58-57-46(61-49)43-30-18-16-27-40(43)37-23-11-6-12-24-37/h4-7,9-18,20-26,28-30,40,53-56H,27,31-34H2,1-3H3. The number of nitrogens with one attached hydrogen (secondary N) is 4. The maximum absolute atomic E-state index is 9.84. The van der Waals surface area contributed by atoms with E-state index in [1.807, 2.05) is 91.0 Å². The fraction of sp³-hybridized carbons (Fsp3) is 0.231. The van der Waals surface area contributed by atoms with E-state index in [1.54, 1.807) is 11.3 Å². The van der Waals surface area contributed by atoms with Gasteiger partial charge in [0.25, 0.3) is 0 Å². The highest BCUT2D eigenvalue weighted by Gasteiger charge is 2.55. The molecule has 1 saturated carbocycles. The average molecular weight is 853 g/mol. The smallest absolute Gasteiger partial charge is 0.144 e. The molecule has 1 heterocycles. The fourth-order valence-corrected chi connectivity index (χ4v) is 12.2. The van der Waals surface area contributed by atoms with E-state index < -0.39 is 16.2 Å². The van der Waals surface area contributed by atoms with E-state index >= 15 is 0 Å². The fourth-order valence-electron chi connectivity index (χ4n) is 9.38. The zero-order valence-corrected chi connectivity index (χ0v) is 37.0. The maximum Gasteiger partial charge on any atom is 0.144 e. The summed E-state index contributed by atoms with van der Waals surface area (Å²) in [5.74, 6) is 0.174. The van der Waals surface area contributed by atoms with Gasteiger partial charge in [0.15, 0.2) is 0 Å². The Labute approximate surface area is 371 Å². The monoisotopic (exact) mass is 852 g/mol. The number of nitrogens with zero attached hydrogens (tertiary/aromatic N) is 2. The summed E-state index contributed by atoms with van der Waals surface area (Å²) in [6, 6.07) is 36.6. The first kappa shape index (κ1) is 42.0. The second kappa shape index (κ2) is 17.7. The van der Waals surface area contributed by atoms with E-state index in [1.165, 1.54) is 29.1 Å². The number of hydrogen-bond donors (Lipinski definition) is 4. The molecule has 1 aromatic heterocycles. The molecule has 4 atom stereocenters. The van der Waals surface area contributed by atoms with Crippen molar-refractivity contribution >= 4 is 60.6 Å². The second-order valence-electron chi connectivity index (χ2n) is 17.0. The Kier molecular flexibility index (Phi) is 12.2. The summed E-state index contributed by atoms with van der Waals surface area (Å²) in [7, 11) is 0. The van der Waals surface area contributed by atoms with Gasteiger partial charge in [-0.1, -0.05) is 183 Å². The van der Waals surface area contributed by atoms with Crippen molar-refractivity contribution in [3.63, 3.8) is 0 Å². The Morgan fingerprint density at radius 1 is 0.721 bits per heavy atom. The third-order valence-electron chi connectivity index (χ3n) is 12.0. The highest BCUT2D eigenvalue weighted by atomic mass is 32.2. The van der Waals surface area contributed by atoms with E-state index in [2.05, 4.69) is 86.9 Å². The lowest BCUT2D eigenvalue weighted by atomic mass is 9.55. The molecule has 4 aromatic carbocycles. The first-order chi connectivity index (χ1) is 29.4. The molecule has 3 aliphatic carbocycles. The van der Waals surface area contributed by atoms with Crippen LogP contribution in [0.25, 0.3) is 16.7 Å². The summed E-state index contributed by atoms with van der Waals surface area (Å²) in [5, 5.41) is 51.5. The van der Waals surface area contributed by atoms with Crippen LogP contribution in [0.5, 0.6) is 0 Å². The molecule has 4 unspecified atom stereocenters. The predicted molar refractivity (Wildman–Crippen MR) is 259 cm³/mol. The molecule has 0 radical (unpaired) electrons. The van der Waals surface area contributed by atoms with E-state index in [-0.39, 0.29) is 5.92 Å². The van der Waals surface area contributed by atoms with E-state index in [4.69, 9.17) is 10.2 Å². The SMILES string of the molecule is CC1(C(=N)SC(=N)c2ccccc2CC2=C=CC=C=C2)CC(C)(C(=N)SC(=N)c2ccccc2-c2ccccc2)CC(C)(c2nnc(C3=CC=CCC3c3ccccc3)s2)C1. The van der Waals surface area contributed by atoms with Crippen molar-refractivity contribution in [2.75, 3.05) is 0 Å². The van der Waals surface area contributed by atoms with Gasteiger partial charge < -0.3 is 0 Å². The molecule has 3 aliphatic rings. The molecule has 0 amide bonds. The van der Waals surface area contributed by atoms with Crippen molar-refractivity contribution in [2.45, 2.75) is 64.2 Å². The quantitative estimate of drug-likeness (QED) is 0.0635. The molecule has 0 aliphatic heterocycles. The van der Waals surface area contributed by atoms with Crippen LogP contribution in [0.15, 0.2) is 163 Å². The second-order valence-corrected chi connectivity index (χ2v) is 20.0. The van der Waals surface area contributed by atoms with E-state index in [0.717, 1.165) is 55.4 Å². The molecule has 6 nitrogen and oxygen atoms in total. The van der Waals surface area contributed by atoms with Gasteiger partial charge in [-0.25, -0.2) is 0 Å². The van der Waals surface area contributed by atoms with Gasteiger partial charge in [0, 0.05) is 45.3 Å². The number of aromatic nitrogens is 2. The molecule has 5 aromatic rings. The highest BCUT2D eigenvalue weighted by Crippen LogP contribution is 2.59. The molecule has 304 valence electrons. The van der Waals surface area contributed by atoms with Crippen LogP contribution in [0.2, 0.25) is 0 Å². The van der Waals surface area contributed by atoms with Gasteiger partial charge in [0.1, 0.15) is 20.1 Å². The third kappa shape index (κ3) is 9.04. The lowest BCUT2D eigenvalue weighted by Gasteiger charge is -2.52. The number of thioether (sulfide) groups is 2. The Morgan fingerprint density at radius 3 is 2.03 bits per heavy atom. The molecule has 8 rings (SSSR count). The van der Waals surface area contributed by atoms with E-state index in [9.17, 15) is 21.6 Å². The number of hydrogen-bond acceptors (Lipinski definition) is 9. The summed E-state index contributed by atoms with van der Waals surface area (Å²) in [4.78, 5) is 0. The van der Waals surface area contributed by atoms with Crippen LogP contribution in [-0.4, -0.2) is 30.4 Å². The number of allylic oxidation sites excluding steroid dienone is 6. The molecule has 0 spiro atoms. The van der Waals surface area contributed by atoms with Crippen LogP contribution in [-0.2, 0) is 11.8 Å². The minimum Gasteiger partial charge on any atom is -0.297 e. The molecule has 61 heavy (non-hydrogen) atoms. The van der Waals surface area contributed by atoms with Crippen molar-refractivity contribution in [1.29, 1.82) is 21.6 Å². The minimum atomic E-state index is -0.724. The van der Waals surface area contributed by atoms with Crippen LogP contribution >= 0.6 is 34.9 Å².